The molecule has 6 heteroatoms. The average Bonchev–Trinajstić information content (AvgIpc) is 2.79. The quantitative estimate of drug-likeness (QED) is 0.754. The Hall–Kier alpha value is -2.11. The van der Waals surface area contributed by atoms with Crippen molar-refractivity contribution in [3.63, 3.8) is 0 Å². The summed E-state index contributed by atoms with van der Waals surface area (Å²) in [6.45, 7) is 0.163. The molecule has 23 heavy (non-hydrogen) atoms. The van der Waals surface area contributed by atoms with Crippen molar-refractivity contribution in [3.8, 4) is 0 Å². The van der Waals surface area contributed by atoms with Crippen LogP contribution in [0.25, 0.3) is 6.08 Å². The lowest BCUT2D eigenvalue weighted by molar-refractivity contribution is -0.123. The van der Waals surface area contributed by atoms with Crippen LogP contribution in [-0.4, -0.2) is 16.0 Å². The van der Waals surface area contributed by atoms with Gasteiger partial charge in [0.15, 0.2) is 0 Å². The molecule has 0 N–H and O–H groups in total. The fraction of sp³-hybridized carbons (Fsp3) is 0.0588. The van der Waals surface area contributed by atoms with E-state index >= 15 is 0 Å². The van der Waals surface area contributed by atoms with Crippen LogP contribution in [0.15, 0.2) is 53.4 Å². The van der Waals surface area contributed by atoms with E-state index in [0.717, 1.165) is 22.2 Å². The molecule has 1 aliphatic heterocycles. The van der Waals surface area contributed by atoms with E-state index in [-0.39, 0.29) is 22.3 Å². The first kappa shape index (κ1) is 15.8. The average molecular weight is 348 g/mol. The van der Waals surface area contributed by atoms with Gasteiger partial charge in [0.05, 0.1) is 11.4 Å². The zero-order valence-electron chi connectivity index (χ0n) is 11.8. The Labute approximate surface area is 141 Å². The van der Waals surface area contributed by atoms with Crippen molar-refractivity contribution in [3.05, 3.63) is 75.4 Å². The van der Waals surface area contributed by atoms with Gasteiger partial charge in [-0.05, 0) is 41.6 Å². The van der Waals surface area contributed by atoms with Gasteiger partial charge in [0.25, 0.3) is 11.1 Å². The molecular weight excluding hydrogens is 337 g/mol. The van der Waals surface area contributed by atoms with Crippen molar-refractivity contribution in [1.82, 2.24) is 4.90 Å². The Kier molecular flexibility index (Phi) is 4.50. The highest BCUT2D eigenvalue weighted by molar-refractivity contribution is 8.18. The molecule has 1 aliphatic rings. The first-order valence-electron chi connectivity index (χ1n) is 6.79. The van der Waals surface area contributed by atoms with Crippen molar-refractivity contribution >= 4 is 40.6 Å². The maximum absolute atomic E-state index is 13.7. The van der Waals surface area contributed by atoms with Crippen molar-refractivity contribution in [2.24, 2.45) is 0 Å². The lowest BCUT2D eigenvalue weighted by atomic mass is 10.2. The Morgan fingerprint density at radius 2 is 1.78 bits per heavy atom. The van der Waals surface area contributed by atoms with Gasteiger partial charge < -0.3 is 0 Å². The zero-order valence-corrected chi connectivity index (χ0v) is 13.4. The molecule has 1 saturated heterocycles. The van der Waals surface area contributed by atoms with Gasteiger partial charge >= 0.3 is 0 Å². The molecule has 0 radical (unpaired) electrons. The fourth-order valence-electron chi connectivity index (χ4n) is 2.14. The minimum atomic E-state index is -0.433. The number of nitrogens with zero attached hydrogens (tertiary/aromatic N) is 1. The van der Waals surface area contributed by atoms with Gasteiger partial charge in [0.2, 0.25) is 0 Å². The number of halogens is 2. The first-order chi connectivity index (χ1) is 11.0. The summed E-state index contributed by atoms with van der Waals surface area (Å²) in [7, 11) is 0. The van der Waals surface area contributed by atoms with Crippen molar-refractivity contribution in [1.29, 1.82) is 0 Å². The molecule has 0 atom stereocenters. The Bertz CT molecular complexity index is 804. The predicted molar refractivity (Wildman–Crippen MR) is 89.4 cm³/mol. The largest absolute Gasteiger partial charge is 0.293 e. The molecule has 1 heterocycles. The summed E-state index contributed by atoms with van der Waals surface area (Å²) >= 11 is 6.63. The van der Waals surface area contributed by atoms with E-state index in [1.165, 1.54) is 12.1 Å². The zero-order chi connectivity index (χ0) is 16.4. The molecule has 0 spiro atoms. The number of imide groups is 1. The summed E-state index contributed by atoms with van der Waals surface area (Å²) in [5.74, 6) is -0.852. The molecule has 2 amide bonds. The number of hydrogen-bond donors (Lipinski definition) is 0. The summed E-state index contributed by atoms with van der Waals surface area (Å²) in [6.07, 6.45) is 1.40. The van der Waals surface area contributed by atoms with Crippen molar-refractivity contribution in [2.45, 2.75) is 6.54 Å². The Morgan fingerprint density at radius 1 is 1.09 bits per heavy atom. The molecule has 2 aromatic rings. The summed E-state index contributed by atoms with van der Waals surface area (Å²) in [6, 6.07) is 13.0. The molecule has 0 unspecified atom stereocenters. The van der Waals surface area contributed by atoms with E-state index < -0.39 is 11.7 Å². The third-order valence-corrected chi connectivity index (χ3v) is 4.48. The number of thioether (sulfide) groups is 1. The van der Waals surface area contributed by atoms with Crippen LogP contribution in [0.5, 0.6) is 0 Å². The minimum absolute atomic E-state index is 0.163. The lowest BCUT2D eigenvalue weighted by Crippen LogP contribution is -2.27. The molecule has 116 valence electrons. The van der Waals surface area contributed by atoms with E-state index in [2.05, 4.69) is 0 Å². The third kappa shape index (κ3) is 3.46. The molecule has 0 aromatic heterocycles. The smallest absolute Gasteiger partial charge is 0.268 e. The molecule has 0 saturated carbocycles. The lowest BCUT2D eigenvalue weighted by Gasteiger charge is -2.12. The monoisotopic (exact) mass is 347 g/mol. The minimum Gasteiger partial charge on any atom is -0.268 e. The molecule has 0 bridgehead atoms. The van der Waals surface area contributed by atoms with E-state index in [0.29, 0.717) is 5.02 Å². The van der Waals surface area contributed by atoms with E-state index in [1.54, 1.807) is 42.5 Å². The van der Waals surface area contributed by atoms with Crippen LogP contribution in [0, 0.1) is 5.82 Å². The van der Waals surface area contributed by atoms with Crippen LogP contribution in [0.3, 0.4) is 0 Å². The van der Waals surface area contributed by atoms with E-state index in [9.17, 15) is 14.0 Å². The van der Waals surface area contributed by atoms with Gasteiger partial charge in [-0.15, -0.1) is 0 Å². The SMILES string of the molecule is O=C1S/C(=C\c2ccccc2F)C(=O)N1Cc1ccc(Cl)cc1. The number of rotatable bonds is 3. The Balaban J connectivity index is 1.82. The normalized spacial score (nSPS) is 16.4. The molecule has 3 nitrogen and oxygen atoms in total. The van der Waals surface area contributed by atoms with Crippen molar-refractivity contribution in [2.75, 3.05) is 0 Å². The molecule has 1 fully saturated rings. The fourth-order valence-corrected chi connectivity index (χ4v) is 3.10. The molecule has 3 rings (SSSR count). The second-order valence-electron chi connectivity index (χ2n) is 4.92. The molecule has 2 aromatic carbocycles. The Morgan fingerprint density at radius 3 is 2.48 bits per heavy atom. The molecular formula is C17H11ClFNO2S. The van der Waals surface area contributed by atoms with Gasteiger partial charge in [0, 0.05) is 10.6 Å². The van der Waals surface area contributed by atoms with Crippen LogP contribution in [0.2, 0.25) is 5.02 Å². The van der Waals surface area contributed by atoms with Gasteiger partial charge in [-0.1, -0.05) is 41.9 Å². The van der Waals surface area contributed by atoms with Crippen LogP contribution in [-0.2, 0) is 11.3 Å². The third-order valence-electron chi connectivity index (χ3n) is 3.32. The van der Waals surface area contributed by atoms with Crippen LogP contribution in [0.1, 0.15) is 11.1 Å². The van der Waals surface area contributed by atoms with Crippen LogP contribution >= 0.6 is 23.4 Å². The number of amides is 2. The number of benzene rings is 2. The predicted octanol–water partition coefficient (Wildman–Crippen LogP) is 4.72. The topological polar surface area (TPSA) is 37.4 Å². The van der Waals surface area contributed by atoms with Crippen LogP contribution in [0.4, 0.5) is 9.18 Å². The summed E-state index contributed by atoms with van der Waals surface area (Å²) in [5, 5.41) is 0.217. The maximum Gasteiger partial charge on any atom is 0.293 e. The van der Waals surface area contributed by atoms with Gasteiger partial charge in [0.1, 0.15) is 5.82 Å². The van der Waals surface area contributed by atoms with Gasteiger partial charge in [-0.2, -0.15) is 0 Å². The van der Waals surface area contributed by atoms with E-state index in [1.807, 2.05) is 0 Å². The standard InChI is InChI=1S/C17H11ClFNO2S/c18-13-7-5-11(6-8-13)10-20-16(21)15(23-17(20)22)9-12-3-1-2-4-14(12)19/h1-9H,10H2/b15-9-. The summed E-state index contributed by atoms with van der Waals surface area (Å²) in [4.78, 5) is 25.8. The number of hydrogen-bond acceptors (Lipinski definition) is 3. The van der Waals surface area contributed by atoms with Gasteiger partial charge in [-0.25, -0.2) is 4.39 Å². The first-order valence-corrected chi connectivity index (χ1v) is 7.98. The van der Waals surface area contributed by atoms with E-state index in [4.69, 9.17) is 11.6 Å². The summed E-state index contributed by atoms with van der Waals surface area (Å²) < 4.78 is 13.7. The number of carbonyl (C=O) groups is 2. The maximum atomic E-state index is 13.7. The molecule has 0 aliphatic carbocycles. The second kappa shape index (κ2) is 6.56. The highest BCUT2D eigenvalue weighted by Gasteiger charge is 2.35. The highest BCUT2D eigenvalue weighted by atomic mass is 35.5. The number of carbonyl (C=O) groups excluding carboxylic acids is 2. The second-order valence-corrected chi connectivity index (χ2v) is 6.35. The van der Waals surface area contributed by atoms with Crippen molar-refractivity contribution < 1.29 is 14.0 Å². The summed E-state index contributed by atoms with van der Waals surface area (Å²) in [5.41, 5.74) is 1.08. The van der Waals surface area contributed by atoms with Crippen LogP contribution < -0.4 is 0 Å². The van der Waals surface area contributed by atoms with Gasteiger partial charge in [-0.3, -0.25) is 14.5 Å². The highest BCUT2D eigenvalue weighted by Crippen LogP contribution is 2.33.